The quantitative estimate of drug-likeness (QED) is 0.591. The zero-order valence-corrected chi connectivity index (χ0v) is 15.4. The lowest BCUT2D eigenvalue weighted by Gasteiger charge is -2.43. The second kappa shape index (κ2) is 6.25. The van der Waals surface area contributed by atoms with E-state index in [0.29, 0.717) is 30.3 Å². The maximum atomic E-state index is 11.3. The molecule has 2 aromatic rings. The summed E-state index contributed by atoms with van der Waals surface area (Å²) in [6, 6.07) is 14.0. The van der Waals surface area contributed by atoms with Gasteiger partial charge in [-0.05, 0) is 79.2 Å². The predicted molar refractivity (Wildman–Crippen MR) is 104 cm³/mol. The monoisotopic (exact) mass is 364 g/mol. The van der Waals surface area contributed by atoms with Gasteiger partial charge < -0.3 is 10.1 Å². The first-order valence-electron chi connectivity index (χ1n) is 9.93. The molecule has 2 aliphatic carbocycles. The minimum atomic E-state index is -0.277. The average Bonchev–Trinajstić information content (AvgIpc) is 3.30. The van der Waals surface area contributed by atoms with E-state index in [1.165, 1.54) is 24.8 Å². The van der Waals surface area contributed by atoms with Crippen molar-refractivity contribution in [3.63, 3.8) is 0 Å². The third-order valence-electron chi connectivity index (χ3n) is 6.83. The van der Waals surface area contributed by atoms with Crippen LogP contribution in [0.1, 0.15) is 49.3 Å². The minimum Gasteiger partial charge on any atom is -0.494 e. The Kier molecular flexibility index (Phi) is 3.85. The maximum absolute atomic E-state index is 11.3. The topological polar surface area (TPSA) is 64.4 Å². The fourth-order valence-electron chi connectivity index (χ4n) is 5.86. The van der Waals surface area contributed by atoms with E-state index in [9.17, 15) is 10.1 Å². The average molecular weight is 364 g/mol. The molecule has 0 unspecified atom stereocenters. The van der Waals surface area contributed by atoms with Gasteiger partial charge in [0.1, 0.15) is 5.75 Å². The Bertz CT molecular complexity index is 880. The molecule has 5 rings (SSSR count). The number of hydrogen-bond donors (Lipinski definition) is 1. The van der Waals surface area contributed by atoms with Gasteiger partial charge in [0.15, 0.2) is 0 Å². The van der Waals surface area contributed by atoms with Gasteiger partial charge >= 0.3 is 0 Å². The largest absolute Gasteiger partial charge is 0.494 e. The molecule has 140 valence electrons. The second-order valence-corrected chi connectivity index (χ2v) is 8.09. The number of nitrogens with zero attached hydrogens (tertiary/aromatic N) is 1. The number of non-ortho nitro benzene ring substituents is 1. The van der Waals surface area contributed by atoms with Gasteiger partial charge in [-0.25, -0.2) is 0 Å². The van der Waals surface area contributed by atoms with Gasteiger partial charge in [0.05, 0.1) is 17.6 Å². The molecule has 3 aliphatic rings. The highest BCUT2D eigenvalue weighted by Gasteiger charge is 2.54. The van der Waals surface area contributed by atoms with Gasteiger partial charge in [-0.1, -0.05) is 12.1 Å². The maximum Gasteiger partial charge on any atom is 0.269 e. The molecule has 0 aromatic heterocycles. The molecule has 1 N–H and O–H groups in total. The molecule has 5 atom stereocenters. The summed E-state index contributed by atoms with van der Waals surface area (Å²) in [5, 5.41) is 15.0. The lowest BCUT2D eigenvalue weighted by molar-refractivity contribution is -0.384. The first-order chi connectivity index (χ1) is 13.2. The molecule has 2 aromatic carbocycles. The predicted octanol–water partition coefficient (Wildman–Crippen LogP) is 5.29. The molecule has 27 heavy (non-hydrogen) atoms. The van der Waals surface area contributed by atoms with Crippen LogP contribution in [0.15, 0.2) is 42.5 Å². The van der Waals surface area contributed by atoms with Crippen molar-refractivity contribution in [2.24, 2.45) is 17.8 Å². The summed E-state index contributed by atoms with van der Waals surface area (Å²) in [5.74, 6) is 3.20. The zero-order valence-electron chi connectivity index (χ0n) is 15.4. The molecular formula is C22H24N2O3. The molecule has 1 aliphatic heterocycles. The van der Waals surface area contributed by atoms with Crippen molar-refractivity contribution in [1.82, 2.24) is 0 Å². The Morgan fingerprint density at radius 2 is 1.93 bits per heavy atom. The van der Waals surface area contributed by atoms with Crippen LogP contribution in [0, 0.1) is 27.9 Å². The molecule has 5 heteroatoms. The van der Waals surface area contributed by atoms with Crippen molar-refractivity contribution in [2.75, 3.05) is 11.9 Å². The van der Waals surface area contributed by atoms with Crippen LogP contribution < -0.4 is 10.1 Å². The van der Waals surface area contributed by atoms with Crippen LogP contribution in [0.3, 0.4) is 0 Å². The van der Waals surface area contributed by atoms with Crippen molar-refractivity contribution in [1.29, 1.82) is 0 Å². The molecule has 0 spiro atoms. The smallest absolute Gasteiger partial charge is 0.269 e. The molecule has 0 radical (unpaired) electrons. The van der Waals surface area contributed by atoms with Crippen molar-refractivity contribution >= 4 is 11.4 Å². The van der Waals surface area contributed by atoms with Crippen molar-refractivity contribution < 1.29 is 9.66 Å². The fraction of sp³-hybridized carbons (Fsp3) is 0.455. The van der Waals surface area contributed by atoms with Crippen molar-refractivity contribution in [3.8, 4) is 5.75 Å². The van der Waals surface area contributed by atoms with E-state index in [4.69, 9.17) is 4.74 Å². The number of ether oxygens (including phenoxy) is 1. The van der Waals surface area contributed by atoms with Gasteiger partial charge in [0, 0.05) is 17.8 Å². The van der Waals surface area contributed by atoms with Crippen LogP contribution in [0.4, 0.5) is 11.4 Å². The van der Waals surface area contributed by atoms with Crippen LogP contribution in [-0.4, -0.2) is 11.5 Å². The summed E-state index contributed by atoms with van der Waals surface area (Å²) in [5.41, 5.74) is 3.71. The number of fused-ring (bicyclic) bond motifs is 7. The van der Waals surface area contributed by atoms with Crippen LogP contribution >= 0.6 is 0 Å². The molecule has 0 saturated heterocycles. The number of nitro groups is 1. The molecule has 1 heterocycles. The molecule has 2 bridgehead atoms. The summed E-state index contributed by atoms with van der Waals surface area (Å²) >= 11 is 0. The number of benzene rings is 2. The lowest BCUT2D eigenvalue weighted by atomic mass is 9.68. The number of nitrogens with one attached hydrogen (secondary N) is 1. The fourth-order valence-corrected chi connectivity index (χ4v) is 5.86. The lowest BCUT2D eigenvalue weighted by Crippen LogP contribution is -2.35. The van der Waals surface area contributed by atoms with Gasteiger partial charge in [0.25, 0.3) is 5.69 Å². The van der Waals surface area contributed by atoms with E-state index in [-0.39, 0.29) is 16.7 Å². The van der Waals surface area contributed by atoms with E-state index in [2.05, 4.69) is 17.4 Å². The van der Waals surface area contributed by atoms with E-state index in [1.807, 2.05) is 31.2 Å². The molecule has 5 nitrogen and oxygen atoms in total. The minimum absolute atomic E-state index is 0.205. The number of nitro benzene ring substituents is 1. The van der Waals surface area contributed by atoms with Gasteiger partial charge in [-0.15, -0.1) is 0 Å². The summed E-state index contributed by atoms with van der Waals surface area (Å²) in [7, 11) is 0. The van der Waals surface area contributed by atoms with Crippen LogP contribution in [0.5, 0.6) is 5.75 Å². The molecule has 2 fully saturated rings. The molecule has 2 saturated carbocycles. The summed E-state index contributed by atoms with van der Waals surface area (Å²) < 4.78 is 5.59. The SMILES string of the molecule is CCOc1ccc([C@H]2Nc3ccc([N+](=O)[O-])cc3[C@@H]3[C@@H]4CC[C@@H](C4)[C@@H]32)cc1. The number of anilines is 1. The highest BCUT2D eigenvalue weighted by molar-refractivity contribution is 5.62. The van der Waals surface area contributed by atoms with Gasteiger partial charge in [-0.2, -0.15) is 0 Å². The van der Waals surface area contributed by atoms with E-state index in [0.717, 1.165) is 17.0 Å². The Morgan fingerprint density at radius 3 is 2.67 bits per heavy atom. The summed E-state index contributed by atoms with van der Waals surface area (Å²) in [4.78, 5) is 11.0. The summed E-state index contributed by atoms with van der Waals surface area (Å²) in [6.45, 7) is 2.66. The Balaban J connectivity index is 1.55. The van der Waals surface area contributed by atoms with Crippen molar-refractivity contribution in [3.05, 3.63) is 63.7 Å². The van der Waals surface area contributed by atoms with E-state index < -0.39 is 0 Å². The first kappa shape index (κ1) is 16.6. The number of rotatable bonds is 4. The van der Waals surface area contributed by atoms with Crippen LogP contribution in [0.2, 0.25) is 0 Å². The van der Waals surface area contributed by atoms with Crippen LogP contribution in [-0.2, 0) is 0 Å². The number of hydrogen-bond acceptors (Lipinski definition) is 4. The summed E-state index contributed by atoms with van der Waals surface area (Å²) in [6.07, 6.45) is 3.79. The van der Waals surface area contributed by atoms with Crippen molar-refractivity contribution in [2.45, 2.75) is 38.1 Å². The van der Waals surface area contributed by atoms with E-state index in [1.54, 1.807) is 6.07 Å². The Labute approximate surface area is 158 Å². The Morgan fingerprint density at radius 1 is 1.15 bits per heavy atom. The standard InChI is InChI=1S/C22H24N2O3/c1-2-27-17-8-5-13(6-9-17)22-21-15-4-3-14(11-15)20(21)18-12-16(24(25)26)7-10-19(18)23-22/h5-10,12,14-15,20-23H,2-4,11H2,1H3/t14-,15+,20+,21+,22-/m1/s1. The third kappa shape index (κ3) is 2.59. The van der Waals surface area contributed by atoms with E-state index >= 15 is 0 Å². The van der Waals surface area contributed by atoms with Crippen LogP contribution in [0.25, 0.3) is 0 Å². The molecule has 0 amide bonds. The van der Waals surface area contributed by atoms with Gasteiger partial charge in [0.2, 0.25) is 0 Å². The third-order valence-corrected chi connectivity index (χ3v) is 6.83. The van der Waals surface area contributed by atoms with Gasteiger partial charge in [-0.3, -0.25) is 10.1 Å². The Hall–Kier alpha value is -2.56. The molecular weight excluding hydrogens is 340 g/mol. The highest BCUT2D eigenvalue weighted by Crippen LogP contribution is 2.63. The second-order valence-electron chi connectivity index (χ2n) is 8.09. The normalized spacial score (nSPS) is 30.3. The first-order valence-corrected chi connectivity index (χ1v) is 9.93. The highest BCUT2D eigenvalue weighted by atomic mass is 16.6. The zero-order chi connectivity index (χ0) is 18.5.